The summed E-state index contributed by atoms with van der Waals surface area (Å²) < 4.78 is 8.91. The number of carbonyl (C=O) groups excluding carboxylic acids is 1. The third kappa shape index (κ3) is 4.80. The van der Waals surface area contributed by atoms with Gasteiger partial charge in [0, 0.05) is 44.1 Å². The average molecular weight is 443 g/mol. The Morgan fingerprint density at radius 1 is 1.32 bits per heavy atom. The molecule has 1 aliphatic rings. The molecule has 0 bridgehead atoms. The van der Waals surface area contributed by atoms with Crippen molar-refractivity contribution < 1.29 is 9.53 Å². The zero-order valence-corrected chi connectivity index (χ0v) is 18.7. The van der Waals surface area contributed by atoms with Gasteiger partial charge in [-0.3, -0.25) is 14.0 Å². The van der Waals surface area contributed by atoms with E-state index < -0.39 is 0 Å². The number of fused-ring (bicyclic) bond motifs is 1. The van der Waals surface area contributed by atoms with Gasteiger partial charge in [-0.05, 0) is 38.3 Å². The summed E-state index contributed by atoms with van der Waals surface area (Å²) in [5.41, 5.74) is 2.78. The predicted octanol–water partition coefficient (Wildman–Crippen LogP) is 1.42. The van der Waals surface area contributed by atoms with E-state index in [1.165, 1.54) is 11.8 Å². The van der Waals surface area contributed by atoms with Crippen LogP contribution in [0.4, 0.5) is 0 Å². The molecule has 4 rings (SSSR count). The van der Waals surface area contributed by atoms with Crippen molar-refractivity contribution in [3.05, 3.63) is 51.3 Å². The summed E-state index contributed by atoms with van der Waals surface area (Å²) in [4.78, 5) is 29.7. The van der Waals surface area contributed by atoms with Gasteiger partial charge >= 0.3 is 0 Å². The lowest BCUT2D eigenvalue weighted by molar-refractivity contribution is -0.119. The van der Waals surface area contributed by atoms with E-state index in [-0.39, 0.29) is 23.3 Å². The van der Waals surface area contributed by atoms with Gasteiger partial charge in [-0.2, -0.15) is 0 Å². The van der Waals surface area contributed by atoms with Crippen LogP contribution < -0.4 is 10.9 Å². The number of nitrogens with zero attached hydrogens (tertiary/aromatic N) is 5. The largest absolute Gasteiger partial charge is 0.376 e. The first-order valence-corrected chi connectivity index (χ1v) is 11.3. The highest BCUT2D eigenvalue weighted by Gasteiger charge is 2.18. The summed E-state index contributed by atoms with van der Waals surface area (Å²) in [6.45, 7) is 5.09. The van der Waals surface area contributed by atoms with E-state index in [4.69, 9.17) is 4.74 Å². The second kappa shape index (κ2) is 9.19. The fourth-order valence-electron chi connectivity index (χ4n) is 3.59. The Morgan fingerprint density at radius 2 is 2.16 bits per heavy atom. The summed E-state index contributed by atoms with van der Waals surface area (Å²) >= 11 is 1.32. The van der Waals surface area contributed by atoms with Gasteiger partial charge in [0.1, 0.15) is 11.5 Å². The van der Waals surface area contributed by atoms with Crippen LogP contribution in [-0.2, 0) is 23.0 Å². The molecular weight excluding hydrogens is 416 g/mol. The predicted molar refractivity (Wildman–Crippen MR) is 117 cm³/mol. The molecule has 0 radical (unpaired) electrons. The van der Waals surface area contributed by atoms with Crippen LogP contribution in [0.3, 0.4) is 0 Å². The van der Waals surface area contributed by atoms with Crippen molar-refractivity contribution in [1.82, 2.24) is 29.5 Å². The fourth-order valence-corrected chi connectivity index (χ4v) is 4.35. The van der Waals surface area contributed by atoms with Crippen LogP contribution in [0.2, 0.25) is 0 Å². The molecule has 1 fully saturated rings. The fraction of sp³-hybridized carbons (Fsp3) is 0.476. The van der Waals surface area contributed by atoms with Gasteiger partial charge in [0.2, 0.25) is 5.91 Å². The van der Waals surface area contributed by atoms with Crippen molar-refractivity contribution in [3.8, 4) is 0 Å². The second-order valence-corrected chi connectivity index (χ2v) is 8.72. The zero-order valence-electron chi connectivity index (χ0n) is 17.9. The van der Waals surface area contributed by atoms with Gasteiger partial charge in [0.15, 0.2) is 5.16 Å². The van der Waals surface area contributed by atoms with E-state index in [0.717, 1.165) is 25.0 Å². The molecule has 0 aliphatic carbocycles. The summed E-state index contributed by atoms with van der Waals surface area (Å²) in [5, 5.41) is 12.0. The molecule has 164 valence electrons. The highest BCUT2D eigenvalue weighted by molar-refractivity contribution is 7.99. The number of amides is 1. The molecule has 0 saturated carbocycles. The average Bonchev–Trinajstić information content (AvgIpc) is 3.39. The lowest BCUT2D eigenvalue weighted by Crippen LogP contribution is -2.32. The maximum absolute atomic E-state index is 13.0. The highest BCUT2D eigenvalue weighted by Crippen LogP contribution is 2.18. The van der Waals surface area contributed by atoms with E-state index in [1.54, 1.807) is 10.6 Å². The molecule has 1 amide bonds. The number of nitrogens with one attached hydrogen (secondary N) is 1. The lowest BCUT2D eigenvalue weighted by atomic mass is 10.1. The quantitative estimate of drug-likeness (QED) is 0.552. The van der Waals surface area contributed by atoms with Crippen LogP contribution in [0.15, 0.2) is 28.3 Å². The molecule has 0 unspecified atom stereocenters. The Morgan fingerprint density at radius 3 is 2.94 bits per heavy atom. The van der Waals surface area contributed by atoms with E-state index in [1.807, 2.05) is 37.6 Å². The molecule has 0 spiro atoms. The van der Waals surface area contributed by atoms with Crippen LogP contribution in [0.1, 0.15) is 35.5 Å². The SMILES string of the molecule is Cc1ccc2nc(C)c(Cc3nnc(SCC(=O)NC[C@H]4CCCO4)n3C)c(=O)n2c1. The molecule has 1 saturated heterocycles. The molecule has 3 aromatic heterocycles. The molecule has 10 heteroatoms. The summed E-state index contributed by atoms with van der Waals surface area (Å²) in [6, 6.07) is 3.78. The van der Waals surface area contributed by atoms with E-state index >= 15 is 0 Å². The maximum atomic E-state index is 13.0. The van der Waals surface area contributed by atoms with Gasteiger partial charge in [-0.25, -0.2) is 4.98 Å². The second-order valence-electron chi connectivity index (χ2n) is 7.78. The Labute approximate surface area is 184 Å². The number of aromatic nitrogens is 5. The summed E-state index contributed by atoms with van der Waals surface area (Å²) in [6.07, 6.45) is 4.27. The normalized spacial score (nSPS) is 16.2. The van der Waals surface area contributed by atoms with Crippen LogP contribution in [0.5, 0.6) is 0 Å². The maximum Gasteiger partial charge on any atom is 0.261 e. The Kier molecular flexibility index (Phi) is 6.38. The summed E-state index contributed by atoms with van der Waals surface area (Å²) in [7, 11) is 1.84. The standard InChI is InChI=1S/C21H26N6O3S/c1-13-6-7-17-23-14(2)16(20(29)27(17)11-13)9-18-24-25-21(26(18)3)31-12-19(28)22-10-15-5-4-8-30-15/h6-7,11,15H,4-5,8-10,12H2,1-3H3,(H,22,28)/t15-/m1/s1. The molecule has 31 heavy (non-hydrogen) atoms. The van der Waals surface area contributed by atoms with E-state index in [2.05, 4.69) is 20.5 Å². The van der Waals surface area contributed by atoms with Crippen molar-refractivity contribution in [1.29, 1.82) is 0 Å². The topological polar surface area (TPSA) is 103 Å². The van der Waals surface area contributed by atoms with Gasteiger partial charge in [0.25, 0.3) is 5.56 Å². The van der Waals surface area contributed by atoms with E-state index in [9.17, 15) is 9.59 Å². The molecule has 4 heterocycles. The molecular formula is C21H26N6O3S. The molecule has 0 aromatic carbocycles. The van der Waals surface area contributed by atoms with Crippen molar-refractivity contribution >= 4 is 23.3 Å². The van der Waals surface area contributed by atoms with Crippen LogP contribution >= 0.6 is 11.8 Å². The number of carbonyl (C=O) groups is 1. The molecule has 1 N–H and O–H groups in total. The third-order valence-electron chi connectivity index (χ3n) is 5.41. The van der Waals surface area contributed by atoms with Gasteiger partial charge in [-0.1, -0.05) is 17.8 Å². The summed E-state index contributed by atoms with van der Waals surface area (Å²) in [5.74, 6) is 0.835. The first-order chi connectivity index (χ1) is 14.9. The Bertz CT molecular complexity index is 1170. The molecule has 1 aliphatic heterocycles. The first kappa shape index (κ1) is 21.5. The van der Waals surface area contributed by atoms with Gasteiger partial charge < -0.3 is 14.6 Å². The first-order valence-electron chi connectivity index (χ1n) is 10.3. The van der Waals surface area contributed by atoms with Crippen LogP contribution in [0.25, 0.3) is 5.65 Å². The van der Waals surface area contributed by atoms with Crippen LogP contribution in [0, 0.1) is 13.8 Å². The van der Waals surface area contributed by atoms with Crippen molar-refractivity contribution in [2.24, 2.45) is 7.05 Å². The molecule has 1 atom stereocenters. The van der Waals surface area contributed by atoms with Crippen molar-refractivity contribution in [2.45, 2.75) is 44.4 Å². The highest BCUT2D eigenvalue weighted by atomic mass is 32.2. The molecule has 3 aromatic rings. The number of hydrogen-bond acceptors (Lipinski definition) is 7. The Hall–Kier alpha value is -2.72. The number of rotatable bonds is 7. The van der Waals surface area contributed by atoms with Crippen molar-refractivity contribution in [2.75, 3.05) is 18.9 Å². The van der Waals surface area contributed by atoms with Crippen LogP contribution in [-0.4, -0.2) is 55.1 Å². The smallest absolute Gasteiger partial charge is 0.261 e. The van der Waals surface area contributed by atoms with Crippen molar-refractivity contribution in [3.63, 3.8) is 0 Å². The minimum Gasteiger partial charge on any atom is -0.376 e. The number of ether oxygens (including phenoxy) is 1. The number of thioether (sulfide) groups is 1. The monoisotopic (exact) mass is 442 g/mol. The Balaban J connectivity index is 1.44. The van der Waals surface area contributed by atoms with Gasteiger partial charge in [0.05, 0.1) is 11.9 Å². The number of aryl methyl sites for hydroxylation is 2. The minimum atomic E-state index is -0.100. The zero-order chi connectivity index (χ0) is 22.0. The number of pyridine rings is 1. The number of hydrogen-bond donors (Lipinski definition) is 1. The lowest BCUT2D eigenvalue weighted by Gasteiger charge is -2.10. The van der Waals surface area contributed by atoms with Gasteiger partial charge in [-0.15, -0.1) is 10.2 Å². The van der Waals surface area contributed by atoms with E-state index in [0.29, 0.717) is 40.9 Å². The third-order valence-corrected chi connectivity index (χ3v) is 6.43. The molecule has 9 nitrogen and oxygen atoms in total. The minimum absolute atomic E-state index is 0.0618.